The first-order valence-electron chi connectivity index (χ1n) is 7.07. The molecule has 0 aromatic heterocycles. The second-order valence-electron chi connectivity index (χ2n) is 6.53. The maximum atomic E-state index is 12.0. The van der Waals surface area contributed by atoms with E-state index < -0.39 is 5.60 Å². The Balaban J connectivity index is 2.56. The number of amides is 1. The van der Waals surface area contributed by atoms with E-state index in [1.165, 1.54) is 0 Å². The van der Waals surface area contributed by atoms with Crippen LogP contribution in [-0.4, -0.2) is 47.9 Å². The van der Waals surface area contributed by atoms with Crippen LogP contribution in [0.2, 0.25) is 0 Å². The zero-order valence-electron chi connectivity index (χ0n) is 12.6. The van der Waals surface area contributed by atoms with Gasteiger partial charge >= 0.3 is 6.09 Å². The molecule has 0 aromatic rings. The summed E-state index contributed by atoms with van der Waals surface area (Å²) in [6.07, 6.45) is 0.633. The van der Waals surface area contributed by atoms with Gasteiger partial charge in [0.25, 0.3) is 0 Å². The molecular formula is C14H28N2O3. The fourth-order valence-electron chi connectivity index (χ4n) is 2.74. The number of carbonyl (C=O) groups excluding carboxylic acids is 1. The van der Waals surface area contributed by atoms with Gasteiger partial charge in [-0.1, -0.05) is 6.92 Å². The van der Waals surface area contributed by atoms with Crippen molar-refractivity contribution in [2.75, 3.05) is 26.2 Å². The minimum atomic E-state index is -0.456. The van der Waals surface area contributed by atoms with Gasteiger partial charge in [-0.25, -0.2) is 4.79 Å². The molecule has 3 atom stereocenters. The fraction of sp³-hybridized carbons (Fsp3) is 0.929. The molecule has 1 amide bonds. The van der Waals surface area contributed by atoms with Gasteiger partial charge in [0, 0.05) is 19.7 Å². The summed E-state index contributed by atoms with van der Waals surface area (Å²) in [6, 6.07) is 0. The van der Waals surface area contributed by atoms with Crippen molar-refractivity contribution in [3.63, 3.8) is 0 Å². The number of likely N-dealkylation sites (tertiary alicyclic amines) is 1. The topological polar surface area (TPSA) is 75.8 Å². The molecule has 0 bridgehead atoms. The molecule has 19 heavy (non-hydrogen) atoms. The highest BCUT2D eigenvalue weighted by molar-refractivity contribution is 5.68. The average molecular weight is 272 g/mol. The van der Waals surface area contributed by atoms with Crippen LogP contribution in [0.25, 0.3) is 0 Å². The summed E-state index contributed by atoms with van der Waals surface area (Å²) in [6.45, 7) is 9.71. The molecule has 0 radical (unpaired) electrons. The number of ether oxygens (including phenoxy) is 1. The van der Waals surface area contributed by atoms with Crippen LogP contribution in [-0.2, 0) is 4.74 Å². The van der Waals surface area contributed by atoms with E-state index in [1.807, 2.05) is 20.8 Å². The lowest BCUT2D eigenvalue weighted by atomic mass is 9.78. The van der Waals surface area contributed by atoms with Crippen LogP contribution in [0.3, 0.4) is 0 Å². The molecule has 1 saturated heterocycles. The number of aliphatic hydroxyl groups excluding tert-OH is 1. The first kappa shape index (κ1) is 16.2. The minimum Gasteiger partial charge on any atom is -0.444 e. The predicted octanol–water partition coefficient (Wildman–Crippen LogP) is 1.45. The van der Waals surface area contributed by atoms with Crippen molar-refractivity contribution in [1.82, 2.24) is 4.90 Å². The van der Waals surface area contributed by atoms with E-state index in [0.717, 1.165) is 6.42 Å². The normalized spacial score (nSPS) is 26.1. The summed E-state index contributed by atoms with van der Waals surface area (Å²) >= 11 is 0. The first-order chi connectivity index (χ1) is 8.78. The summed E-state index contributed by atoms with van der Waals surface area (Å²) in [5, 5.41) is 9.34. The van der Waals surface area contributed by atoms with E-state index in [4.69, 9.17) is 10.5 Å². The molecule has 1 aliphatic heterocycles. The zero-order chi connectivity index (χ0) is 14.6. The Morgan fingerprint density at radius 1 is 1.53 bits per heavy atom. The Morgan fingerprint density at radius 2 is 2.16 bits per heavy atom. The van der Waals surface area contributed by atoms with Gasteiger partial charge in [-0.05, 0) is 51.5 Å². The molecular weight excluding hydrogens is 244 g/mol. The largest absolute Gasteiger partial charge is 0.444 e. The molecule has 0 aliphatic carbocycles. The van der Waals surface area contributed by atoms with Gasteiger partial charge in [-0.15, -0.1) is 0 Å². The van der Waals surface area contributed by atoms with E-state index in [9.17, 15) is 9.90 Å². The SMILES string of the molecule is CC1CN(C(=O)OC(C)(C)C)CCC1C(CN)CO. The van der Waals surface area contributed by atoms with Gasteiger partial charge in [0.05, 0.1) is 0 Å². The Morgan fingerprint density at radius 3 is 2.58 bits per heavy atom. The smallest absolute Gasteiger partial charge is 0.410 e. The quantitative estimate of drug-likeness (QED) is 0.815. The van der Waals surface area contributed by atoms with Crippen LogP contribution in [0.1, 0.15) is 34.1 Å². The molecule has 0 aromatic carbocycles. The summed E-state index contributed by atoms with van der Waals surface area (Å²) in [5.74, 6) is 0.853. The van der Waals surface area contributed by atoms with Crippen molar-refractivity contribution < 1.29 is 14.6 Å². The van der Waals surface area contributed by atoms with E-state index >= 15 is 0 Å². The van der Waals surface area contributed by atoms with Crippen molar-refractivity contribution >= 4 is 6.09 Å². The predicted molar refractivity (Wildman–Crippen MR) is 74.7 cm³/mol. The monoisotopic (exact) mass is 272 g/mol. The molecule has 112 valence electrons. The number of rotatable bonds is 3. The lowest BCUT2D eigenvalue weighted by Gasteiger charge is -2.40. The van der Waals surface area contributed by atoms with Crippen LogP contribution in [0, 0.1) is 17.8 Å². The number of hydrogen-bond acceptors (Lipinski definition) is 4. The molecule has 1 rings (SSSR count). The molecule has 1 fully saturated rings. The van der Waals surface area contributed by atoms with Crippen molar-refractivity contribution in [3.8, 4) is 0 Å². The van der Waals surface area contributed by atoms with Gasteiger partial charge in [0.1, 0.15) is 5.60 Å². The lowest BCUT2D eigenvalue weighted by Crippen LogP contribution is -2.47. The third-order valence-corrected chi connectivity index (χ3v) is 3.77. The highest BCUT2D eigenvalue weighted by Crippen LogP contribution is 2.30. The number of aliphatic hydroxyl groups is 1. The van der Waals surface area contributed by atoms with Crippen LogP contribution >= 0.6 is 0 Å². The Kier molecular flexibility index (Phi) is 5.62. The Hall–Kier alpha value is -0.810. The Bertz CT molecular complexity index is 298. The number of carbonyl (C=O) groups is 1. The number of nitrogens with two attached hydrogens (primary N) is 1. The highest BCUT2D eigenvalue weighted by Gasteiger charge is 2.34. The summed E-state index contributed by atoms with van der Waals surface area (Å²) in [7, 11) is 0. The Labute approximate surface area is 116 Å². The summed E-state index contributed by atoms with van der Waals surface area (Å²) in [4.78, 5) is 13.8. The average Bonchev–Trinajstić information content (AvgIpc) is 2.30. The molecule has 5 nitrogen and oxygen atoms in total. The second kappa shape index (κ2) is 6.57. The maximum Gasteiger partial charge on any atom is 0.410 e. The molecule has 3 unspecified atom stereocenters. The molecule has 1 heterocycles. The first-order valence-corrected chi connectivity index (χ1v) is 7.07. The number of hydrogen-bond donors (Lipinski definition) is 2. The molecule has 0 saturated carbocycles. The van der Waals surface area contributed by atoms with Gasteiger partial charge in [-0.2, -0.15) is 0 Å². The van der Waals surface area contributed by atoms with E-state index in [1.54, 1.807) is 4.90 Å². The van der Waals surface area contributed by atoms with Crippen LogP contribution < -0.4 is 5.73 Å². The van der Waals surface area contributed by atoms with Crippen LogP contribution in [0.5, 0.6) is 0 Å². The van der Waals surface area contributed by atoms with Gasteiger partial charge < -0.3 is 20.5 Å². The van der Waals surface area contributed by atoms with Gasteiger partial charge in [-0.3, -0.25) is 0 Å². The van der Waals surface area contributed by atoms with Gasteiger partial charge in [0.15, 0.2) is 0 Å². The van der Waals surface area contributed by atoms with Crippen molar-refractivity contribution in [3.05, 3.63) is 0 Å². The molecule has 5 heteroatoms. The van der Waals surface area contributed by atoms with Crippen LogP contribution in [0.4, 0.5) is 4.79 Å². The molecule has 3 N–H and O–H groups in total. The fourth-order valence-corrected chi connectivity index (χ4v) is 2.74. The standard InChI is InChI=1S/C14H28N2O3/c1-10-8-16(13(18)19-14(2,3)4)6-5-12(10)11(7-15)9-17/h10-12,17H,5-9,15H2,1-4H3. The van der Waals surface area contributed by atoms with Crippen LogP contribution in [0.15, 0.2) is 0 Å². The van der Waals surface area contributed by atoms with E-state index in [0.29, 0.717) is 31.5 Å². The third-order valence-electron chi connectivity index (χ3n) is 3.77. The van der Waals surface area contributed by atoms with Crippen molar-refractivity contribution in [2.24, 2.45) is 23.5 Å². The van der Waals surface area contributed by atoms with Crippen molar-refractivity contribution in [1.29, 1.82) is 0 Å². The highest BCUT2D eigenvalue weighted by atomic mass is 16.6. The maximum absolute atomic E-state index is 12.0. The minimum absolute atomic E-state index is 0.123. The molecule has 1 aliphatic rings. The van der Waals surface area contributed by atoms with Gasteiger partial charge in [0.2, 0.25) is 0 Å². The zero-order valence-corrected chi connectivity index (χ0v) is 12.6. The lowest BCUT2D eigenvalue weighted by molar-refractivity contribution is 0.00409. The molecule has 0 spiro atoms. The van der Waals surface area contributed by atoms with E-state index in [-0.39, 0.29) is 18.6 Å². The summed E-state index contributed by atoms with van der Waals surface area (Å²) < 4.78 is 5.39. The second-order valence-corrected chi connectivity index (χ2v) is 6.53. The number of piperidine rings is 1. The summed E-state index contributed by atoms with van der Waals surface area (Å²) in [5.41, 5.74) is 5.23. The van der Waals surface area contributed by atoms with Crippen molar-refractivity contribution in [2.45, 2.75) is 39.7 Å². The number of nitrogens with zero attached hydrogens (tertiary/aromatic N) is 1. The third kappa shape index (κ3) is 4.66. The van der Waals surface area contributed by atoms with E-state index in [2.05, 4.69) is 6.92 Å².